The number of phenolic OH excluding ortho intramolecular Hbond substituents is 1. The molecular formula is C46H40FNO8. The molecule has 1 amide bonds. The highest BCUT2D eigenvalue weighted by atomic mass is 19.1. The molecule has 1 aliphatic heterocycles. The molecule has 0 aliphatic carbocycles. The third-order valence-corrected chi connectivity index (χ3v) is 9.44. The molecule has 3 atom stereocenters. The molecule has 1 fully saturated rings. The minimum Gasteiger partial charge on any atom is -0.508 e. The monoisotopic (exact) mass is 753 g/mol. The van der Waals surface area contributed by atoms with Gasteiger partial charge in [0, 0.05) is 24.6 Å². The number of amides is 1. The Morgan fingerprint density at radius 3 is 1.89 bits per heavy atom. The van der Waals surface area contributed by atoms with Crippen molar-refractivity contribution in [2.75, 3.05) is 4.90 Å². The number of phenols is 1. The van der Waals surface area contributed by atoms with Crippen LogP contribution in [-0.4, -0.2) is 28.9 Å². The Morgan fingerprint density at radius 2 is 1.34 bits per heavy atom. The van der Waals surface area contributed by atoms with E-state index in [-0.39, 0.29) is 37.3 Å². The van der Waals surface area contributed by atoms with E-state index >= 15 is 0 Å². The van der Waals surface area contributed by atoms with E-state index in [0.717, 1.165) is 16.7 Å². The summed E-state index contributed by atoms with van der Waals surface area (Å²) in [6, 6.07) is 37.3. The number of benzene rings is 5. The number of rotatable bonds is 14. The molecule has 1 saturated heterocycles. The number of hydrogen-bond donors (Lipinski definition) is 1. The number of nitrogens with zero attached hydrogens (tertiary/aromatic N) is 1. The molecule has 0 spiro atoms. The number of hydrogen-bond acceptors (Lipinski definition) is 8. The van der Waals surface area contributed by atoms with Crippen LogP contribution in [0.5, 0.6) is 5.75 Å². The lowest BCUT2D eigenvalue weighted by molar-refractivity contribution is -0.163. The molecule has 10 heteroatoms. The van der Waals surface area contributed by atoms with Crippen LogP contribution in [0.25, 0.3) is 0 Å². The summed E-state index contributed by atoms with van der Waals surface area (Å²) >= 11 is 0. The molecule has 5 aromatic rings. The molecule has 9 nitrogen and oxygen atoms in total. The Hall–Kier alpha value is -6.73. The van der Waals surface area contributed by atoms with E-state index in [0.29, 0.717) is 29.7 Å². The van der Waals surface area contributed by atoms with Crippen molar-refractivity contribution in [2.45, 2.75) is 51.5 Å². The summed E-state index contributed by atoms with van der Waals surface area (Å²) in [4.78, 5) is 53.6. The maximum atomic E-state index is 13.7. The molecular weight excluding hydrogens is 714 g/mol. The maximum absolute atomic E-state index is 13.7. The quantitative estimate of drug-likeness (QED) is 0.0397. The van der Waals surface area contributed by atoms with Gasteiger partial charge in [0.25, 0.3) is 0 Å². The second-order valence-electron chi connectivity index (χ2n) is 13.4. The second-order valence-corrected chi connectivity index (χ2v) is 13.4. The molecule has 1 aliphatic rings. The van der Waals surface area contributed by atoms with Gasteiger partial charge in [0.1, 0.15) is 30.9 Å². The first-order chi connectivity index (χ1) is 27.2. The van der Waals surface area contributed by atoms with Gasteiger partial charge in [0.2, 0.25) is 5.91 Å². The van der Waals surface area contributed by atoms with Crippen LogP contribution >= 0.6 is 0 Å². The number of β-lactam (4-membered cyclic amide) rings is 1. The van der Waals surface area contributed by atoms with Gasteiger partial charge in [-0.2, -0.15) is 0 Å². The topological polar surface area (TPSA) is 119 Å². The van der Waals surface area contributed by atoms with Gasteiger partial charge in [-0.3, -0.25) is 19.2 Å². The van der Waals surface area contributed by atoms with Crippen LogP contribution in [0.2, 0.25) is 0 Å². The zero-order valence-electron chi connectivity index (χ0n) is 30.7. The standard InChI is InChI=1S/C46H40FNO8/c1-31(49)56-42(35-19-21-37(47)22-20-35)28-27-40-43(48(44(40)51)38-23-25-39(50)26-24-38)36-17-15-32(16-18-36)13-8-14-41(45(52)54-29-33-9-4-2-5-10-33)46(53)55-30-34-11-6-3-7-12-34/h2-7,9-12,15-26,40-43,50H,14,27-30H2,1H3/t40-,42+,43-/m1/s1. The third-order valence-electron chi connectivity index (χ3n) is 9.44. The largest absolute Gasteiger partial charge is 0.508 e. The molecule has 5 aromatic carbocycles. The van der Waals surface area contributed by atoms with Crippen molar-refractivity contribution in [3.8, 4) is 17.6 Å². The second kappa shape index (κ2) is 18.5. The Bertz CT molecular complexity index is 2130. The Labute approximate surface area is 324 Å². The molecule has 1 N–H and O–H groups in total. The van der Waals surface area contributed by atoms with E-state index in [1.165, 1.54) is 31.2 Å². The van der Waals surface area contributed by atoms with Crippen molar-refractivity contribution < 1.29 is 42.9 Å². The average molecular weight is 754 g/mol. The zero-order chi connectivity index (χ0) is 39.4. The number of anilines is 1. The summed E-state index contributed by atoms with van der Waals surface area (Å²) in [5, 5.41) is 9.88. The first kappa shape index (κ1) is 39.0. The highest BCUT2D eigenvalue weighted by Gasteiger charge is 2.48. The smallest absolute Gasteiger partial charge is 0.321 e. The fraction of sp³-hybridized carbons (Fsp3) is 0.217. The molecule has 0 unspecified atom stereocenters. The van der Waals surface area contributed by atoms with Crippen LogP contribution in [-0.2, 0) is 46.6 Å². The van der Waals surface area contributed by atoms with Crippen molar-refractivity contribution in [1.82, 2.24) is 0 Å². The van der Waals surface area contributed by atoms with Gasteiger partial charge < -0.3 is 24.2 Å². The van der Waals surface area contributed by atoms with Gasteiger partial charge in [-0.05, 0) is 83.6 Å². The van der Waals surface area contributed by atoms with E-state index in [1.54, 1.807) is 41.3 Å². The van der Waals surface area contributed by atoms with E-state index in [2.05, 4.69) is 11.8 Å². The molecule has 0 radical (unpaired) electrons. The van der Waals surface area contributed by atoms with Gasteiger partial charge in [0.05, 0.1) is 12.0 Å². The van der Waals surface area contributed by atoms with Gasteiger partial charge in [0.15, 0.2) is 5.92 Å². The number of aromatic hydroxyl groups is 1. The number of carbonyl (C=O) groups excluding carboxylic acids is 4. The average Bonchev–Trinajstić information content (AvgIpc) is 3.21. The number of carbonyl (C=O) groups is 4. The van der Waals surface area contributed by atoms with Crippen molar-refractivity contribution in [1.29, 1.82) is 0 Å². The SMILES string of the molecule is CC(=O)O[C@@H](CC[C@H]1C(=O)N(c2ccc(O)cc2)[C@@H]1c1ccc(C#CCC(C(=O)OCc2ccccc2)C(=O)OCc2ccccc2)cc1)c1ccc(F)cc1. The number of halogens is 1. The highest BCUT2D eigenvalue weighted by molar-refractivity contribution is 6.03. The van der Waals surface area contributed by atoms with Crippen molar-refractivity contribution in [3.05, 3.63) is 167 Å². The van der Waals surface area contributed by atoms with Crippen molar-refractivity contribution in [3.63, 3.8) is 0 Å². The summed E-state index contributed by atoms with van der Waals surface area (Å²) < 4.78 is 30.2. The zero-order valence-corrected chi connectivity index (χ0v) is 30.7. The van der Waals surface area contributed by atoms with Crippen LogP contribution in [0, 0.1) is 29.5 Å². The van der Waals surface area contributed by atoms with Gasteiger partial charge in [-0.25, -0.2) is 4.39 Å². The molecule has 1 heterocycles. The van der Waals surface area contributed by atoms with E-state index < -0.39 is 41.7 Å². The number of ether oxygens (including phenoxy) is 3. The molecule has 284 valence electrons. The van der Waals surface area contributed by atoms with Gasteiger partial charge in [-0.1, -0.05) is 96.8 Å². The van der Waals surface area contributed by atoms with E-state index in [4.69, 9.17) is 14.2 Å². The first-order valence-electron chi connectivity index (χ1n) is 18.2. The normalized spacial score (nSPS) is 15.2. The maximum Gasteiger partial charge on any atom is 0.321 e. The molecule has 0 saturated carbocycles. The van der Waals surface area contributed by atoms with Crippen LogP contribution in [0.3, 0.4) is 0 Å². The summed E-state index contributed by atoms with van der Waals surface area (Å²) in [5.74, 6) is 1.83. The first-order valence-corrected chi connectivity index (χ1v) is 18.2. The third kappa shape index (κ3) is 10.1. The van der Waals surface area contributed by atoms with E-state index in [9.17, 15) is 28.7 Å². The molecule has 0 bridgehead atoms. The summed E-state index contributed by atoms with van der Waals surface area (Å²) in [6.07, 6.45) is -0.101. The number of esters is 3. The van der Waals surface area contributed by atoms with E-state index in [1.807, 2.05) is 72.8 Å². The Kier molecular flexibility index (Phi) is 12.9. The van der Waals surface area contributed by atoms with Crippen molar-refractivity contribution >= 4 is 29.5 Å². The van der Waals surface area contributed by atoms with Crippen LogP contribution < -0.4 is 4.90 Å². The minimum absolute atomic E-state index is 0.000495. The lowest BCUT2D eigenvalue weighted by atomic mass is 9.78. The highest BCUT2D eigenvalue weighted by Crippen LogP contribution is 2.47. The summed E-state index contributed by atoms with van der Waals surface area (Å²) in [6.45, 7) is 1.30. The fourth-order valence-electron chi connectivity index (χ4n) is 6.55. The lowest BCUT2D eigenvalue weighted by Gasteiger charge is -2.48. The summed E-state index contributed by atoms with van der Waals surface area (Å²) in [7, 11) is 0. The molecule has 0 aromatic heterocycles. The predicted octanol–water partition coefficient (Wildman–Crippen LogP) is 8.16. The Balaban J connectivity index is 1.18. The van der Waals surface area contributed by atoms with Crippen LogP contribution in [0.1, 0.15) is 66.1 Å². The van der Waals surface area contributed by atoms with Crippen LogP contribution in [0.4, 0.5) is 10.1 Å². The lowest BCUT2D eigenvalue weighted by Crippen LogP contribution is -2.55. The summed E-state index contributed by atoms with van der Waals surface area (Å²) in [5.41, 5.74) is 4.23. The van der Waals surface area contributed by atoms with Crippen LogP contribution in [0.15, 0.2) is 133 Å². The molecule has 56 heavy (non-hydrogen) atoms. The fourth-order valence-corrected chi connectivity index (χ4v) is 6.55. The Morgan fingerprint density at radius 1 is 0.768 bits per heavy atom. The van der Waals surface area contributed by atoms with Gasteiger partial charge in [-0.15, -0.1) is 0 Å². The molecule has 6 rings (SSSR count). The van der Waals surface area contributed by atoms with Crippen molar-refractivity contribution in [2.24, 2.45) is 11.8 Å². The minimum atomic E-state index is -1.26. The predicted molar refractivity (Wildman–Crippen MR) is 206 cm³/mol. The van der Waals surface area contributed by atoms with Gasteiger partial charge >= 0.3 is 17.9 Å².